The number of carbonyl (C=O) groups is 1. The Kier molecular flexibility index (Phi) is 4.17. The molecule has 116 valence electrons. The molecule has 0 bridgehead atoms. The Hall–Kier alpha value is -1.71. The van der Waals surface area contributed by atoms with Crippen molar-refractivity contribution < 1.29 is 14.6 Å². The first-order chi connectivity index (χ1) is 9.81. The maximum absolute atomic E-state index is 11.4. The number of fused-ring (bicyclic) bond motifs is 1. The molecule has 0 amide bonds. The summed E-state index contributed by atoms with van der Waals surface area (Å²) in [6.07, 6.45) is 2.08. The molecular formula is C17H25NO3. The van der Waals surface area contributed by atoms with Gasteiger partial charge >= 0.3 is 5.97 Å². The number of hydrogen-bond acceptors (Lipinski definition) is 3. The van der Waals surface area contributed by atoms with Crippen LogP contribution in [0.15, 0.2) is 12.1 Å². The highest BCUT2D eigenvalue weighted by Gasteiger charge is 2.37. The predicted molar refractivity (Wildman–Crippen MR) is 84.7 cm³/mol. The fourth-order valence-electron chi connectivity index (χ4n) is 3.49. The number of hydrogen-bond donors (Lipinski definition) is 1. The van der Waals surface area contributed by atoms with Gasteiger partial charge in [-0.05, 0) is 44.2 Å². The van der Waals surface area contributed by atoms with Crippen LogP contribution in [0.25, 0.3) is 0 Å². The highest BCUT2D eigenvalue weighted by molar-refractivity contribution is 5.92. The summed E-state index contributed by atoms with van der Waals surface area (Å²) in [6, 6.07) is 3.69. The van der Waals surface area contributed by atoms with Crippen LogP contribution < -0.4 is 9.64 Å². The third kappa shape index (κ3) is 2.71. The molecule has 0 saturated heterocycles. The number of nitrogens with zero attached hydrogens (tertiary/aromatic N) is 1. The summed E-state index contributed by atoms with van der Waals surface area (Å²) in [5.74, 6) is -0.159. The SMILES string of the molecule is CCCN1c2cc(OC)c(C(=O)O)cc2[C@@H](C)CC1(C)C. The minimum atomic E-state index is -0.936. The maximum atomic E-state index is 11.4. The summed E-state index contributed by atoms with van der Waals surface area (Å²) in [5.41, 5.74) is 2.54. The number of carboxylic acid groups (broad SMARTS) is 1. The van der Waals surface area contributed by atoms with E-state index in [1.807, 2.05) is 6.07 Å². The van der Waals surface area contributed by atoms with E-state index in [1.165, 1.54) is 7.11 Å². The van der Waals surface area contributed by atoms with Crippen molar-refractivity contribution in [1.29, 1.82) is 0 Å². The lowest BCUT2D eigenvalue weighted by molar-refractivity contribution is 0.0693. The van der Waals surface area contributed by atoms with E-state index in [0.29, 0.717) is 11.7 Å². The molecule has 0 spiro atoms. The van der Waals surface area contributed by atoms with Crippen molar-refractivity contribution in [2.24, 2.45) is 0 Å². The second kappa shape index (κ2) is 5.58. The fourth-order valence-corrected chi connectivity index (χ4v) is 3.49. The molecule has 1 aromatic rings. The van der Waals surface area contributed by atoms with Crippen LogP contribution in [-0.4, -0.2) is 30.3 Å². The number of rotatable bonds is 4. The minimum absolute atomic E-state index is 0.0676. The van der Waals surface area contributed by atoms with Gasteiger partial charge in [0.25, 0.3) is 0 Å². The van der Waals surface area contributed by atoms with E-state index in [2.05, 4.69) is 32.6 Å². The van der Waals surface area contributed by atoms with Crippen molar-refractivity contribution in [3.05, 3.63) is 23.3 Å². The highest BCUT2D eigenvalue weighted by atomic mass is 16.5. The Balaban J connectivity index is 2.63. The van der Waals surface area contributed by atoms with Gasteiger partial charge in [-0.15, -0.1) is 0 Å². The number of methoxy groups -OCH3 is 1. The number of ether oxygens (including phenoxy) is 1. The topological polar surface area (TPSA) is 49.8 Å². The zero-order valence-corrected chi connectivity index (χ0v) is 13.6. The van der Waals surface area contributed by atoms with E-state index in [4.69, 9.17) is 4.74 Å². The average molecular weight is 291 g/mol. The van der Waals surface area contributed by atoms with E-state index in [1.54, 1.807) is 6.07 Å². The normalized spacial score (nSPS) is 20.0. The number of aromatic carboxylic acids is 1. The fraction of sp³-hybridized carbons (Fsp3) is 0.588. The molecule has 1 aliphatic rings. The van der Waals surface area contributed by atoms with E-state index in [-0.39, 0.29) is 11.1 Å². The molecule has 0 fully saturated rings. The van der Waals surface area contributed by atoms with Gasteiger partial charge in [0.2, 0.25) is 0 Å². The van der Waals surface area contributed by atoms with Crippen LogP contribution in [0, 0.1) is 0 Å². The second-order valence-electron chi connectivity index (χ2n) is 6.49. The van der Waals surface area contributed by atoms with Crippen LogP contribution >= 0.6 is 0 Å². The Bertz CT molecular complexity index is 551. The molecule has 1 aliphatic heterocycles. The van der Waals surface area contributed by atoms with Gasteiger partial charge in [-0.25, -0.2) is 4.79 Å². The second-order valence-corrected chi connectivity index (χ2v) is 6.49. The van der Waals surface area contributed by atoms with Gasteiger partial charge in [0.1, 0.15) is 11.3 Å². The van der Waals surface area contributed by atoms with Crippen molar-refractivity contribution in [2.45, 2.75) is 52.0 Å². The van der Waals surface area contributed by atoms with E-state index in [0.717, 1.165) is 30.6 Å². The number of benzene rings is 1. The Morgan fingerprint density at radius 3 is 2.67 bits per heavy atom. The van der Waals surface area contributed by atoms with Crippen LogP contribution in [-0.2, 0) is 0 Å². The van der Waals surface area contributed by atoms with Crippen molar-refractivity contribution in [2.75, 3.05) is 18.6 Å². The molecule has 0 aliphatic carbocycles. The van der Waals surface area contributed by atoms with Gasteiger partial charge < -0.3 is 14.7 Å². The summed E-state index contributed by atoms with van der Waals surface area (Å²) in [6.45, 7) is 9.79. The quantitative estimate of drug-likeness (QED) is 0.914. The predicted octanol–water partition coefficient (Wildman–Crippen LogP) is 3.90. The molecule has 21 heavy (non-hydrogen) atoms. The summed E-state index contributed by atoms with van der Waals surface area (Å²) in [5, 5.41) is 9.36. The molecule has 4 heteroatoms. The molecule has 0 radical (unpaired) electrons. The molecule has 4 nitrogen and oxygen atoms in total. The molecule has 1 atom stereocenters. The molecule has 1 heterocycles. The molecule has 1 aromatic carbocycles. The van der Waals surface area contributed by atoms with E-state index in [9.17, 15) is 9.90 Å². The lowest BCUT2D eigenvalue weighted by Gasteiger charge is -2.47. The maximum Gasteiger partial charge on any atom is 0.339 e. The number of anilines is 1. The van der Waals surface area contributed by atoms with E-state index < -0.39 is 5.97 Å². The molecule has 2 rings (SSSR count). The summed E-state index contributed by atoms with van der Waals surface area (Å²) >= 11 is 0. The van der Waals surface area contributed by atoms with Crippen molar-refractivity contribution in [3.63, 3.8) is 0 Å². The van der Waals surface area contributed by atoms with Gasteiger partial charge in [0, 0.05) is 23.8 Å². The van der Waals surface area contributed by atoms with Crippen LogP contribution in [0.4, 0.5) is 5.69 Å². The molecule has 0 saturated carbocycles. The highest BCUT2D eigenvalue weighted by Crippen LogP contribution is 2.45. The summed E-state index contributed by atoms with van der Waals surface area (Å²) in [7, 11) is 1.52. The molecule has 0 aromatic heterocycles. The summed E-state index contributed by atoms with van der Waals surface area (Å²) < 4.78 is 5.30. The monoisotopic (exact) mass is 291 g/mol. The first-order valence-electron chi connectivity index (χ1n) is 7.54. The van der Waals surface area contributed by atoms with Gasteiger partial charge in [-0.1, -0.05) is 13.8 Å². The van der Waals surface area contributed by atoms with Crippen molar-refractivity contribution in [1.82, 2.24) is 0 Å². The van der Waals surface area contributed by atoms with Crippen molar-refractivity contribution in [3.8, 4) is 5.75 Å². The van der Waals surface area contributed by atoms with Crippen LogP contribution in [0.1, 0.15) is 62.4 Å². The lowest BCUT2D eigenvalue weighted by Crippen LogP contribution is -2.48. The molecular weight excluding hydrogens is 266 g/mol. The number of carboxylic acids is 1. The Morgan fingerprint density at radius 2 is 2.14 bits per heavy atom. The average Bonchev–Trinajstić information content (AvgIpc) is 2.41. The third-order valence-electron chi connectivity index (χ3n) is 4.38. The Morgan fingerprint density at radius 1 is 1.48 bits per heavy atom. The largest absolute Gasteiger partial charge is 0.496 e. The van der Waals surface area contributed by atoms with Crippen LogP contribution in [0.5, 0.6) is 5.75 Å². The van der Waals surface area contributed by atoms with Crippen molar-refractivity contribution >= 4 is 11.7 Å². The first-order valence-corrected chi connectivity index (χ1v) is 7.54. The first kappa shape index (κ1) is 15.7. The smallest absolute Gasteiger partial charge is 0.339 e. The zero-order chi connectivity index (χ0) is 15.8. The minimum Gasteiger partial charge on any atom is -0.496 e. The zero-order valence-electron chi connectivity index (χ0n) is 13.6. The van der Waals surface area contributed by atoms with Crippen LogP contribution in [0.2, 0.25) is 0 Å². The van der Waals surface area contributed by atoms with Crippen LogP contribution in [0.3, 0.4) is 0 Å². The van der Waals surface area contributed by atoms with E-state index >= 15 is 0 Å². The van der Waals surface area contributed by atoms with Gasteiger partial charge in [-0.2, -0.15) is 0 Å². The molecule has 1 N–H and O–H groups in total. The van der Waals surface area contributed by atoms with Gasteiger partial charge in [0.15, 0.2) is 0 Å². The van der Waals surface area contributed by atoms with Gasteiger partial charge in [0.05, 0.1) is 7.11 Å². The van der Waals surface area contributed by atoms with Gasteiger partial charge in [-0.3, -0.25) is 0 Å². The third-order valence-corrected chi connectivity index (χ3v) is 4.38. The lowest BCUT2D eigenvalue weighted by atomic mass is 9.79. The Labute approximate surface area is 126 Å². The standard InChI is InChI=1S/C17H25NO3/c1-6-7-18-14-9-15(21-5)13(16(19)20)8-12(14)11(2)10-17(18,3)4/h8-9,11H,6-7,10H2,1-5H3,(H,19,20)/t11-/m0/s1. The summed E-state index contributed by atoms with van der Waals surface area (Å²) in [4.78, 5) is 13.8. The molecule has 0 unspecified atom stereocenters.